The summed E-state index contributed by atoms with van der Waals surface area (Å²) < 4.78 is 26.6. The van der Waals surface area contributed by atoms with Crippen molar-refractivity contribution in [1.82, 2.24) is 10.6 Å². The molecule has 0 fully saturated rings. The first-order valence-corrected chi connectivity index (χ1v) is 8.51. The molecule has 0 aromatic heterocycles. The lowest BCUT2D eigenvalue weighted by Crippen LogP contribution is -2.37. The normalized spacial score (nSPS) is 11.0. The summed E-state index contributed by atoms with van der Waals surface area (Å²) in [5.41, 5.74) is 0.259. The topological polar surface area (TPSA) is 36.4 Å². The highest BCUT2D eigenvalue weighted by atomic mass is 127. The van der Waals surface area contributed by atoms with Crippen LogP contribution in [0.4, 0.5) is 8.78 Å². The summed E-state index contributed by atoms with van der Waals surface area (Å²) in [7, 11) is 0. The van der Waals surface area contributed by atoms with E-state index < -0.39 is 11.6 Å². The Balaban J connectivity index is 0.00000441. The molecule has 0 saturated carbocycles. The predicted octanol–water partition coefficient (Wildman–Crippen LogP) is 3.78. The van der Waals surface area contributed by atoms with E-state index in [9.17, 15) is 8.78 Å². The molecule has 3 nitrogen and oxygen atoms in total. The minimum absolute atomic E-state index is 0. The van der Waals surface area contributed by atoms with Crippen LogP contribution in [-0.4, -0.2) is 31.1 Å². The van der Waals surface area contributed by atoms with E-state index in [1.165, 1.54) is 6.07 Å². The third-order valence-electron chi connectivity index (χ3n) is 2.83. The van der Waals surface area contributed by atoms with E-state index in [1.807, 2.05) is 18.7 Å². The van der Waals surface area contributed by atoms with Gasteiger partial charge in [-0.3, -0.25) is 0 Å². The van der Waals surface area contributed by atoms with Gasteiger partial charge in [0.25, 0.3) is 0 Å². The molecule has 0 radical (unpaired) electrons. The van der Waals surface area contributed by atoms with Gasteiger partial charge in [-0.2, -0.15) is 11.8 Å². The van der Waals surface area contributed by atoms with Gasteiger partial charge >= 0.3 is 0 Å². The maximum atomic E-state index is 13.5. The number of benzene rings is 1. The van der Waals surface area contributed by atoms with Crippen LogP contribution in [0.15, 0.2) is 23.2 Å². The Morgan fingerprint density at radius 2 is 2.00 bits per heavy atom. The first-order valence-electron chi connectivity index (χ1n) is 7.12. The van der Waals surface area contributed by atoms with Crippen molar-refractivity contribution in [1.29, 1.82) is 0 Å². The number of halogens is 3. The molecule has 0 atom stereocenters. The summed E-state index contributed by atoms with van der Waals surface area (Å²) >= 11 is 1.83. The van der Waals surface area contributed by atoms with Crippen LogP contribution >= 0.6 is 35.7 Å². The van der Waals surface area contributed by atoms with Crippen LogP contribution < -0.4 is 10.6 Å². The van der Waals surface area contributed by atoms with Crippen LogP contribution in [-0.2, 0) is 6.54 Å². The summed E-state index contributed by atoms with van der Waals surface area (Å²) in [5, 5.41) is 6.29. The van der Waals surface area contributed by atoms with Crippen LogP contribution in [0.5, 0.6) is 0 Å². The van der Waals surface area contributed by atoms with E-state index in [2.05, 4.69) is 21.9 Å². The minimum Gasteiger partial charge on any atom is -0.357 e. The van der Waals surface area contributed by atoms with Crippen LogP contribution in [0.1, 0.15) is 25.3 Å². The highest BCUT2D eigenvalue weighted by Crippen LogP contribution is 2.10. The second kappa shape index (κ2) is 12.9. The molecule has 0 amide bonds. The number of aliphatic imine (C=N–C) groups is 1. The molecule has 1 aromatic carbocycles. The fourth-order valence-corrected chi connectivity index (χ4v) is 2.24. The lowest BCUT2D eigenvalue weighted by atomic mass is 10.2. The molecule has 0 aliphatic rings. The molecule has 0 aliphatic carbocycles. The number of hydrogen-bond donors (Lipinski definition) is 2. The minimum atomic E-state index is -0.448. The first kappa shape index (κ1) is 21.4. The zero-order valence-corrected chi connectivity index (χ0v) is 16.1. The van der Waals surface area contributed by atoms with Crippen molar-refractivity contribution in [3.8, 4) is 0 Å². The van der Waals surface area contributed by atoms with Gasteiger partial charge in [-0.15, -0.1) is 24.0 Å². The summed E-state index contributed by atoms with van der Waals surface area (Å²) in [5.74, 6) is 0.891. The van der Waals surface area contributed by atoms with Gasteiger partial charge in [0.15, 0.2) is 5.96 Å². The molecule has 1 aromatic rings. The summed E-state index contributed by atoms with van der Waals surface area (Å²) in [6.45, 7) is 3.62. The van der Waals surface area contributed by atoms with Crippen LogP contribution in [0.2, 0.25) is 0 Å². The molecular formula is C15H24F2IN3S. The van der Waals surface area contributed by atoms with Crippen molar-refractivity contribution in [3.05, 3.63) is 35.4 Å². The number of nitrogens with one attached hydrogen (secondary N) is 2. The monoisotopic (exact) mass is 443 g/mol. The quantitative estimate of drug-likeness (QED) is 0.278. The van der Waals surface area contributed by atoms with E-state index in [0.717, 1.165) is 43.8 Å². The Kier molecular flexibility index (Phi) is 12.6. The second-order valence-corrected chi connectivity index (χ2v) is 5.54. The summed E-state index contributed by atoms with van der Waals surface area (Å²) in [6.07, 6.45) is 4.29. The average Bonchev–Trinajstić information content (AvgIpc) is 2.47. The maximum Gasteiger partial charge on any atom is 0.191 e. The lowest BCUT2D eigenvalue weighted by Gasteiger charge is -2.11. The summed E-state index contributed by atoms with van der Waals surface area (Å²) in [4.78, 5) is 4.29. The molecule has 0 bridgehead atoms. The van der Waals surface area contributed by atoms with Crippen molar-refractivity contribution < 1.29 is 8.78 Å². The van der Waals surface area contributed by atoms with Crippen molar-refractivity contribution in [2.75, 3.05) is 25.1 Å². The maximum absolute atomic E-state index is 13.5. The van der Waals surface area contributed by atoms with Gasteiger partial charge in [0, 0.05) is 18.7 Å². The molecule has 7 heteroatoms. The number of hydrogen-bond acceptors (Lipinski definition) is 2. The van der Waals surface area contributed by atoms with Crippen molar-refractivity contribution in [2.24, 2.45) is 4.99 Å². The fraction of sp³-hybridized carbons (Fsp3) is 0.533. The third-order valence-corrected chi connectivity index (χ3v) is 3.52. The Morgan fingerprint density at radius 3 is 2.68 bits per heavy atom. The molecular weight excluding hydrogens is 419 g/mol. The van der Waals surface area contributed by atoms with E-state index in [1.54, 1.807) is 0 Å². The van der Waals surface area contributed by atoms with E-state index in [-0.39, 0.29) is 36.1 Å². The molecule has 1 rings (SSSR count). The smallest absolute Gasteiger partial charge is 0.191 e. The van der Waals surface area contributed by atoms with Gasteiger partial charge in [0.05, 0.1) is 6.54 Å². The number of rotatable bonds is 8. The van der Waals surface area contributed by atoms with Gasteiger partial charge < -0.3 is 10.6 Å². The Hall–Kier alpha value is -0.570. The number of thioether (sulfide) groups is 1. The molecule has 126 valence electrons. The Morgan fingerprint density at radius 1 is 1.23 bits per heavy atom. The largest absolute Gasteiger partial charge is 0.357 e. The van der Waals surface area contributed by atoms with Gasteiger partial charge in [-0.1, -0.05) is 0 Å². The van der Waals surface area contributed by atoms with Crippen LogP contribution in [0.3, 0.4) is 0 Å². The molecule has 0 unspecified atom stereocenters. The van der Waals surface area contributed by atoms with Crippen LogP contribution in [0, 0.1) is 11.6 Å². The highest BCUT2D eigenvalue weighted by Gasteiger charge is 2.04. The third kappa shape index (κ3) is 8.77. The number of unbranched alkanes of at least 4 members (excludes halogenated alkanes) is 1. The number of nitrogens with zero attached hydrogens (tertiary/aromatic N) is 1. The predicted molar refractivity (Wildman–Crippen MR) is 102 cm³/mol. The molecule has 0 heterocycles. The molecule has 0 aliphatic heterocycles. The van der Waals surface area contributed by atoms with Crippen LogP contribution in [0.25, 0.3) is 0 Å². The molecule has 0 spiro atoms. The second-order valence-electron chi connectivity index (χ2n) is 4.56. The van der Waals surface area contributed by atoms with Crippen molar-refractivity contribution in [3.63, 3.8) is 0 Å². The fourth-order valence-electron chi connectivity index (χ4n) is 1.75. The van der Waals surface area contributed by atoms with Crippen molar-refractivity contribution in [2.45, 2.75) is 26.3 Å². The van der Waals surface area contributed by atoms with E-state index >= 15 is 0 Å². The first-order chi connectivity index (χ1) is 10.2. The molecule has 2 N–H and O–H groups in total. The van der Waals surface area contributed by atoms with Crippen molar-refractivity contribution >= 4 is 41.7 Å². The van der Waals surface area contributed by atoms with Gasteiger partial charge in [-0.05, 0) is 50.0 Å². The van der Waals surface area contributed by atoms with E-state index in [4.69, 9.17) is 0 Å². The SMILES string of the molecule is CCNC(=NCc1cc(F)ccc1F)NCCCCSC.I. The standard InChI is InChI=1S/C15H23F2N3S.HI/c1-3-18-15(19-8-4-5-9-21-2)20-11-12-10-13(16)6-7-14(12)17;/h6-7,10H,3-5,8-9,11H2,1-2H3,(H2,18,19,20);1H. The molecule has 0 saturated heterocycles. The summed E-state index contributed by atoms with van der Waals surface area (Å²) in [6, 6.07) is 3.42. The Labute approximate surface area is 152 Å². The van der Waals surface area contributed by atoms with E-state index in [0.29, 0.717) is 5.96 Å². The van der Waals surface area contributed by atoms with Gasteiger partial charge in [-0.25, -0.2) is 13.8 Å². The van der Waals surface area contributed by atoms with Gasteiger partial charge in [0.1, 0.15) is 11.6 Å². The zero-order chi connectivity index (χ0) is 15.5. The Bertz CT molecular complexity index is 458. The highest BCUT2D eigenvalue weighted by molar-refractivity contribution is 14.0. The lowest BCUT2D eigenvalue weighted by molar-refractivity contribution is 0.585. The van der Waals surface area contributed by atoms with Gasteiger partial charge in [0.2, 0.25) is 0 Å². The average molecular weight is 443 g/mol. The zero-order valence-electron chi connectivity index (χ0n) is 13.0. The molecule has 22 heavy (non-hydrogen) atoms. The number of guanidine groups is 1.